The smallest absolute Gasteiger partial charge is 0.227 e. The second kappa shape index (κ2) is 9.77. The van der Waals surface area contributed by atoms with Crippen LogP contribution in [-0.2, 0) is 6.54 Å². The summed E-state index contributed by atoms with van der Waals surface area (Å²) in [5.74, 6) is 1.39. The van der Waals surface area contributed by atoms with Gasteiger partial charge in [0, 0.05) is 36.4 Å². The zero-order valence-corrected chi connectivity index (χ0v) is 19.8. The van der Waals surface area contributed by atoms with Crippen LogP contribution in [0.3, 0.4) is 0 Å². The van der Waals surface area contributed by atoms with Crippen LogP contribution in [0.4, 0.5) is 11.8 Å². The average Bonchev–Trinajstić information content (AvgIpc) is 3.29. The van der Waals surface area contributed by atoms with Gasteiger partial charge in [-0.2, -0.15) is 9.97 Å². The summed E-state index contributed by atoms with van der Waals surface area (Å²) in [4.78, 5) is 18.7. The lowest BCUT2D eigenvalue weighted by atomic mass is 9.92. The van der Waals surface area contributed by atoms with E-state index in [9.17, 15) is 0 Å². The fourth-order valence-electron chi connectivity index (χ4n) is 4.44. The SMILES string of the molecule is CC(C)n1cnc2c(NCc3ccc(-c4ccccn4)cc3)nc(NC3CCC(N)CC3)nc21. The largest absolute Gasteiger partial charge is 0.364 e. The first-order valence-electron chi connectivity index (χ1n) is 12.1. The number of nitrogens with two attached hydrogens (primary N) is 1. The molecule has 1 aliphatic carbocycles. The predicted molar refractivity (Wildman–Crippen MR) is 137 cm³/mol. The molecule has 0 saturated heterocycles. The van der Waals surface area contributed by atoms with Crippen molar-refractivity contribution in [3.8, 4) is 11.3 Å². The van der Waals surface area contributed by atoms with Gasteiger partial charge in [-0.1, -0.05) is 30.3 Å². The number of imidazole rings is 1. The van der Waals surface area contributed by atoms with Gasteiger partial charge >= 0.3 is 0 Å². The van der Waals surface area contributed by atoms with Crippen LogP contribution in [0, 0.1) is 0 Å². The van der Waals surface area contributed by atoms with Gasteiger partial charge in [-0.3, -0.25) is 4.98 Å². The van der Waals surface area contributed by atoms with Gasteiger partial charge in [-0.05, 0) is 57.2 Å². The lowest BCUT2D eigenvalue weighted by molar-refractivity contribution is 0.410. The third kappa shape index (κ3) is 4.87. The monoisotopic (exact) mass is 456 g/mol. The Bertz CT molecular complexity index is 1230. The maximum absolute atomic E-state index is 6.08. The molecule has 0 amide bonds. The topological polar surface area (TPSA) is 107 Å². The van der Waals surface area contributed by atoms with E-state index in [1.54, 1.807) is 0 Å². The van der Waals surface area contributed by atoms with Crippen LogP contribution in [0.25, 0.3) is 22.4 Å². The molecule has 5 rings (SSSR count). The molecule has 1 saturated carbocycles. The quantitative estimate of drug-likeness (QED) is 0.368. The molecule has 176 valence electrons. The van der Waals surface area contributed by atoms with E-state index >= 15 is 0 Å². The molecule has 1 fully saturated rings. The number of pyridine rings is 1. The summed E-state index contributed by atoms with van der Waals surface area (Å²) in [7, 11) is 0. The highest BCUT2D eigenvalue weighted by atomic mass is 15.2. The van der Waals surface area contributed by atoms with Crippen molar-refractivity contribution in [1.29, 1.82) is 0 Å². The van der Waals surface area contributed by atoms with Crippen LogP contribution >= 0.6 is 0 Å². The molecule has 1 aromatic carbocycles. The van der Waals surface area contributed by atoms with Gasteiger partial charge in [-0.25, -0.2) is 4.98 Å². The third-order valence-electron chi connectivity index (χ3n) is 6.46. The van der Waals surface area contributed by atoms with E-state index in [0.29, 0.717) is 24.6 Å². The molecule has 8 heteroatoms. The van der Waals surface area contributed by atoms with Gasteiger partial charge in [0.15, 0.2) is 17.0 Å². The zero-order valence-electron chi connectivity index (χ0n) is 19.8. The number of aromatic nitrogens is 5. The van der Waals surface area contributed by atoms with Gasteiger partial charge in [0.05, 0.1) is 12.0 Å². The van der Waals surface area contributed by atoms with Gasteiger partial charge in [0.1, 0.15) is 0 Å². The fraction of sp³-hybridized carbons (Fsp3) is 0.385. The fourth-order valence-corrected chi connectivity index (χ4v) is 4.44. The zero-order chi connectivity index (χ0) is 23.5. The van der Waals surface area contributed by atoms with E-state index in [2.05, 4.69) is 63.3 Å². The van der Waals surface area contributed by atoms with E-state index in [0.717, 1.165) is 59.5 Å². The minimum Gasteiger partial charge on any atom is -0.364 e. The molecule has 34 heavy (non-hydrogen) atoms. The van der Waals surface area contributed by atoms with Gasteiger partial charge < -0.3 is 20.9 Å². The molecule has 1 aliphatic rings. The molecule has 4 aromatic rings. The van der Waals surface area contributed by atoms with Crippen LogP contribution in [-0.4, -0.2) is 36.6 Å². The Morgan fingerprint density at radius 1 is 1.00 bits per heavy atom. The first-order chi connectivity index (χ1) is 16.6. The highest BCUT2D eigenvalue weighted by Gasteiger charge is 2.21. The maximum Gasteiger partial charge on any atom is 0.227 e. The van der Waals surface area contributed by atoms with E-state index in [1.165, 1.54) is 0 Å². The molecule has 0 spiro atoms. The Morgan fingerprint density at radius 2 is 1.79 bits per heavy atom. The van der Waals surface area contributed by atoms with Crippen molar-refractivity contribution >= 4 is 22.9 Å². The van der Waals surface area contributed by atoms with Crippen molar-refractivity contribution in [2.75, 3.05) is 10.6 Å². The van der Waals surface area contributed by atoms with Crippen molar-refractivity contribution in [1.82, 2.24) is 24.5 Å². The summed E-state index contributed by atoms with van der Waals surface area (Å²) in [6, 6.07) is 15.3. The highest BCUT2D eigenvalue weighted by Crippen LogP contribution is 2.26. The Labute approximate surface area is 200 Å². The van der Waals surface area contributed by atoms with Crippen LogP contribution < -0.4 is 16.4 Å². The van der Waals surface area contributed by atoms with Gasteiger partial charge in [0.2, 0.25) is 5.95 Å². The van der Waals surface area contributed by atoms with Crippen molar-refractivity contribution in [3.63, 3.8) is 0 Å². The summed E-state index contributed by atoms with van der Waals surface area (Å²) < 4.78 is 2.09. The lowest BCUT2D eigenvalue weighted by Gasteiger charge is -2.27. The number of fused-ring (bicyclic) bond motifs is 1. The summed E-state index contributed by atoms with van der Waals surface area (Å²) in [6.45, 7) is 4.91. The molecule has 0 radical (unpaired) electrons. The van der Waals surface area contributed by atoms with Crippen LogP contribution in [0.2, 0.25) is 0 Å². The number of nitrogens with one attached hydrogen (secondary N) is 2. The van der Waals surface area contributed by atoms with Gasteiger partial charge in [-0.15, -0.1) is 0 Å². The number of benzene rings is 1. The first kappa shape index (κ1) is 22.3. The summed E-state index contributed by atoms with van der Waals surface area (Å²) >= 11 is 0. The Hall–Kier alpha value is -3.52. The van der Waals surface area contributed by atoms with Crippen LogP contribution in [0.1, 0.15) is 51.1 Å². The first-order valence-corrected chi connectivity index (χ1v) is 12.1. The number of anilines is 2. The van der Waals surface area contributed by atoms with E-state index in [-0.39, 0.29) is 6.04 Å². The Kier molecular flexibility index (Phi) is 6.40. The van der Waals surface area contributed by atoms with Crippen molar-refractivity contribution in [3.05, 3.63) is 60.6 Å². The molecule has 8 nitrogen and oxygen atoms in total. The number of hydrogen-bond donors (Lipinski definition) is 3. The average molecular weight is 457 g/mol. The molecule has 0 unspecified atom stereocenters. The van der Waals surface area contributed by atoms with E-state index in [1.807, 2.05) is 30.7 Å². The predicted octanol–water partition coefficient (Wildman–Crippen LogP) is 4.76. The van der Waals surface area contributed by atoms with Crippen LogP contribution in [0.15, 0.2) is 55.0 Å². The maximum atomic E-state index is 6.08. The minimum atomic E-state index is 0.257. The van der Waals surface area contributed by atoms with Crippen molar-refractivity contribution < 1.29 is 0 Å². The summed E-state index contributed by atoms with van der Waals surface area (Å²) in [5, 5.41) is 7.05. The van der Waals surface area contributed by atoms with Crippen molar-refractivity contribution in [2.45, 2.75) is 64.2 Å². The molecule has 0 atom stereocenters. The number of hydrogen-bond acceptors (Lipinski definition) is 7. The Morgan fingerprint density at radius 3 is 2.50 bits per heavy atom. The molecule has 3 heterocycles. The standard InChI is InChI=1S/C26H32N8/c1-17(2)34-16-30-23-24(32-26(33-25(23)34)31-21-12-10-20(27)11-13-21)29-15-18-6-8-19(9-7-18)22-5-3-4-14-28-22/h3-9,14,16-17,20-21H,10-13,15,27H2,1-2H3,(H2,29,31,32,33). The Balaban J connectivity index is 1.37. The number of rotatable bonds is 7. The molecule has 0 aliphatic heterocycles. The van der Waals surface area contributed by atoms with E-state index < -0.39 is 0 Å². The normalized spacial score (nSPS) is 18.4. The molecule has 4 N–H and O–H groups in total. The van der Waals surface area contributed by atoms with Crippen molar-refractivity contribution in [2.24, 2.45) is 5.73 Å². The molecule has 0 bridgehead atoms. The number of nitrogens with zero attached hydrogens (tertiary/aromatic N) is 5. The summed E-state index contributed by atoms with van der Waals surface area (Å²) in [5.41, 5.74) is 10.9. The lowest BCUT2D eigenvalue weighted by Crippen LogP contribution is -2.33. The second-order valence-electron chi connectivity index (χ2n) is 9.34. The van der Waals surface area contributed by atoms with Gasteiger partial charge in [0.25, 0.3) is 0 Å². The molecular weight excluding hydrogens is 424 g/mol. The molecular formula is C26H32N8. The highest BCUT2D eigenvalue weighted by molar-refractivity contribution is 5.84. The third-order valence-corrected chi connectivity index (χ3v) is 6.46. The minimum absolute atomic E-state index is 0.257. The summed E-state index contributed by atoms with van der Waals surface area (Å²) in [6.07, 6.45) is 7.80. The van der Waals surface area contributed by atoms with Crippen LogP contribution in [0.5, 0.6) is 0 Å². The van der Waals surface area contributed by atoms with E-state index in [4.69, 9.17) is 15.7 Å². The second-order valence-corrected chi connectivity index (χ2v) is 9.34. The molecule has 3 aromatic heterocycles.